The van der Waals surface area contributed by atoms with Gasteiger partial charge in [0.1, 0.15) is 5.41 Å². The second-order valence-corrected chi connectivity index (χ2v) is 6.68. The molecule has 0 bridgehead atoms. The van der Waals surface area contributed by atoms with Crippen LogP contribution in [-0.2, 0) is 20.7 Å². The fraction of sp³-hybridized carbons (Fsp3) is 0.556. The summed E-state index contributed by atoms with van der Waals surface area (Å²) in [7, 11) is 0. The number of anilines is 1. The largest absolute Gasteiger partial charge is 0.378 e. The van der Waals surface area contributed by atoms with Crippen molar-refractivity contribution in [1.82, 2.24) is 4.90 Å². The molecule has 3 aliphatic rings. The lowest BCUT2D eigenvalue weighted by Crippen LogP contribution is -2.51. The lowest BCUT2D eigenvalue weighted by molar-refractivity contribution is -0.146. The Morgan fingerprint density at radius 1 is 1.00 bits per heavy atom. The molecule has 0 aromatic heterocycles. The molecule has 4 rings (SSSR count). The summed E-state index contributed by atoms with van der Waals surface area (Å²) in [6.07, 6.45) is 3.33. The van der Waals surface area contributed by atoms with E-state index in [-0.39, 0.29) is 11.8 Å². The van der Waals surface area contributed by atoms with Crippen LogP contribution in [0, 0.1) is 5.41 Å². The van der Waals surface area contributed by atoms with Crippen LogP contribution in [0.3, 0.4) is 0 Å². The number of nitrogens with zero attached hydrogens (tertiary/aromatic N) is 2. The summed E-state index contributed by atoms with van der Waals surface area (Å²) in [4.78, 5) is 29.7. The molecule has 2 amide bonds. The topological polar surface area (TPSA) is 49.9 Å². The van der Waals surface area contributed by atoms with Crippen LogP contribution in [0.25, 0.3) is 0 Å². The fourth-order valence-electron chi connectivity index (χ4n) is 3.72. The number of fused-ring (bicyclic) bond motifs is 1. The van der Waals surface area contributed by atoms with E-state index < -0.39 is 5.41 Å². The van der Waals surface area contributed by atoms with Crippen LogP contribution in [0.15, 0.2) is 24.3 Å². The predicted octanol–water partition coefficient (Wildman–Crippen LogP) is 1.60. The number of benzene rings is 1. The zero-order chi connectivity index (χ0) is 15.9. The van der Waals surface area contributed by atoms with Crippen molar-refractivity contribution in [2.45, 2.75) is 25.7 Å². The maximum Gasteiger partial charge on any atom is 0.242 e. The van der Waals surface area contributed by atoms with E-state index >= 15 is 0 Å². The van der Waals surface area contributed by atoms with Gasteiger partial charge in [0.05, 0.1) is 13.2 Å². The summed E-state index contributed by atoms with van der Waals surface area (Å²) in [5.74, 6) is 0.00926. The number of amides is 2. The third-order valence-electron chi connectivity index (χ3n) is 5.22. The molecule has 1 saturated carbocycles. The Labute approximate surface area is 136 Å². The first kappa shape index (κ1) is 14.7. The highest BCUT2D eigenvalue weighted by Crippen LogP contribution is 2.50. The zero-order valence-electron chi connectivity index (χ0n) is 13.3. The maximum atomic E-state index is 13.2. The molecule has 0 N–H and O–H groups in total. The van der Waals surface area contributed by atoms with Crippen molar-refractivity contribution in [2.75, 3.05) is 37.7 Å². The Hall–Kier alpha value is -1.88. The van der Waals surface area contributed by atoms with Gasteiger partial charge in [0.2, 0.25) is 11.8 Å². The summed E-state index contributed by atoms with van der Waals surface area (Å²) in [5, 5.41) is 0. The van der Waals surface area contributed by atoms with Crippen LogP contribution in [-0.4, -0.2) is 49.6 Å². The van der Waals surface area contributed by atoms with E-state index in [0.717, 1.165) is 18.5 Å². The Morgan fingerprint density at radius 3 is 2.48 bits per heavy atom. The van der Waals surface area contributed by atoms with Gasteiger partial charge in [-0.25, -0.2) is 0 Å². The van der Waals surface area contributed by atoms with Crippen molar-refractivity contribution < 1.29 is 14.3 Å². The summed E-state index contributed by atoms with van der Waals surface area (Å²) >= 11 is 0. The monoisotopic (exact) mass is 314 g/mol. The van der Waals surface area contributed by atoms with Crippen LogP contribution < -0.4 is 4.90 Å². The third kappa shape index (κ3) is 2.43. The first-order chi connectivity index (χ1) is 11.2. The second-order valence-electron chi connectivity index (χ2n) is 6.68. The highest BCUT2D eigenvalue weighted by molar-refractivity contribution is 6.14. The number of hydrogen-bond acceptors (Lipinski definition) is 3. The lowest BCUT2D eigenvalue weighted by Gasteiger charge is -2.35. The standard InChI is InChI=1S/C18H22N2O3/c21-16(19-10-12-23-13-11-19)18(7-8-18)17(22)20-9-3-5-14-4-1-2-6-15(14)20/h1-2,4,6H,3,5,7-13H2. The van der Waals surface area contributed by atoms with E-state index in [2.05, 4.69) is 6.07 Å². The molecule has 122 valence electrons. The Morgan fingerprint density at radius 2 is 1.74 bits per heavy atom. The number of carbonyl (C=O) groups excluding carboxylic acids is 2. The highest BCUT2D eigenvalue weighted by Gasteiger charge is 2.59. The van der Waals surface area contributed by atoms with E-state index in [0.29, 0.717) is 45.7 Å². The molecule has 1 aliphatic carbocycles. The summed E-state index contributed by atoms with van der Waals surface area (Å²) in [6, 6.07) is 8.06. The molecule has 0 radical (unpaired) electrons. The van der Waals surface area contributed by atoms with Crippen LogP contribution in [0.5, 0.6) is 0 Å². The molecule has 0 unspecified atom stereocenters. The molecule has 5 heteroatoms. The van der Waals surface area contributed by atoms with E-state index in [4.69, 9.17) is 4.74 Å². The molecular weight excluding hydrogens is 292 g/mol. The van der Waals surface area contributed by atoms with Gasteiger partial charge in [-0.2, -0.15) is 0 Å². The molecule has 0 atom stereocenters. The average molecular weight is 314 g/mol. The number of ether oxygens (including phenoxy) is 1. The first-order valence-corrected chi connectivity index (χ1v) is 8.49. The number of rotatable bonds is 2. The van der Waals surface area contributed by atoms with Crippen molar-refractivity contribution >= 4 is 17.5 Å². The minimum atomic E-state index is -0.804. The van der Waals surface area contributed by atoms with Crippen molar-refractivity contribution in [1.29, 1.82) is 0 Å². The minimum absolute atomic E-state index is 0.00106. The van der Waals surface area contributed by atoms with Gasteiger partial charge in [-0.3, -0.25) is 9.59 Å². The highest BCUT2D eigenvalue weighted by atomic mass is 16.5. The van der Waals surface area contributed by atoms with Crippen molar-refractivity contribution in [3.63, 3.8) is 0 Å². The molecule has 2 fully saturated rings. The molecular formula is C18H22N2O3. The number of hydrogen-bond donors (Lipinski definition) is 0. The van der Waals surface area contributed by atoms with E-state index in [1.54, 1.807) is 0 Å². The normalized spacial score (nSPS) is 22.4. The molecule has 2 aliphatic heterocycles. The lowest BCUT2D eigenvalue weighted by atomic mass is 9.97. The smallest absolute Gasteiger partial charge is 0.242 e. The van der Waals surface area contributed by atoms with E-state index in [1.807, 2.05) is 28.0 Å². The van der Waals surface area contributed by atoms with Crippen LogP contribution >= 0.6 is 0 Å². The summed E-state index contributed by atoms with van der Waals surface area (Å²) < 4.78 is 5.32. The number of aryl methyl sites for hydroxylation is 1. The number of morpholine rings is 1. The molecule has 5 nitrogen and oxygen atoms in total. The van der Waals surface area contributed by atoms with Gasteiger partial charge in [0.25, 0.3) is 0 Å². The maximum absolute atomic E-state index is 13.2. The second kappa shape index (κ2) is 5.64. The van der Waals surface area contributed by atoms with E-state index in [9.17, 15) is 9.59 Å². The molecule has 1 aromatic rings. The Balaban J connectivity index is 1.58. The molecule has 1 saturated heterocycles. The van der Waals surface area contributed by atoms with E-state index in [1.165, 1.54) is 5.56 Å². The quantitative estimate of drug-likeness (QED) is 0.779. The average Bonchev–Trinajstić information content (AvgIpc) is 3.42. The SMILES string of the molecule is O=C(N1CCOCC1)C1(C(=O)N2CCCc3ccccc32)CC1. The van der Waals surface area contributed by atoms with Crippen LogP contribution in [0.4, 0.5) is 5.69 Å². The van der Waals surface area contributed by atoms with Gasteiger partial charge >= 0.3 is 0 Å². The van der Waals surface area contributed by atoms with Gasteiger partial charge in [-0.05, 0) is 37.3 Å². The predicted molar refractivity (Wildman–Crippen MR) is 86.2 cm³/mol. The summed E-state index contributed by atoms with van der Waals surface area (Å²) in [6.45, 7) is 3.06. The van der Waals surface area contributed by atoms with Gasteiger partial charge in [0.15, 0.2) is 0 Å². The van der Waals surface area contributed by atoms with Crippen LogP contribution in [0.1, 0.15) is 24.8 Å². The van der Waals surface area contributed by atoms with Crippen molar-refractivity contribution in [2.24, 2.45) is 5.41 Å². The van der Waals surface area contributed by atoms with Gasteiger partial charge < -0.3 is 14.5 Å². The van der Waals surface area contributed by atoms with Crippen molar-refractivity contribution in [3.05, 3.63) is 29.8 Å². The van der Waals surface area contributed by atoms with Gasteiger partial charge in [-0.15, -0.1) is 0 Å². The minimum Gasteiger partial charge on any atom is -0.378 e. The Kier molecular flexibility index (Phi) is 3.60. The third-order valence-corrected chi connectivity index (χ3v) is 5.22. The Bertz CT molecular complexity index is 633. The zero-order valence-corrected chi connectivity index (χ0v) is 13.3. The van der Waals surface area contributed by atoms with Gasteiger partial charge in [-0.1, -0.05) is 18.2 Å². The fourth-order valence-corrected chi connectivity index (χ4v) is 3.72. The molecule has 1 aromatic carbocycles. The number of carbonyl (C=O) groups is 2. The molecule has 2 heterocycles. The van der Waals surface area contributed by atoms with Crippen molar-refractivity contribution in [3.8, 4) is 0 Å². The number of para-hydroxylation sites is 1. The molecule has 23 heavy (non-hydrogen) atoms. The summed E-state index contributed by atoms with van der Waals surface area (Å²) in [5.41, 5.74) is 1.40. The molecule has 0 spiro atoms. The van der Waals surface area contributed by atoms with Gasteiger partial charge in [0, 0.05) is 25.3 Å². The first-order valence-electron chi connectivity index (χ1n) is 8.49. The van der Waals surface area contributed by atoms with Crippen LogP contribution in [0.2, 0.25) is 0 Å².